The third-order valence-electron chi connectivity index (χ3n) is 3.08. The molecule has 2 aromatic carbocycles. The Labute approximate surface area is 122 Å². The number of primary amides is 1. The normalized spacial score (nSPS) is 10.4. The van der Waals surface area contributed by atoms with Gasteiger partial charge >= 0.3 is 0 Å². The number of hydrogen-bond acceptors (Lipinski definition) is 3. The Balaban J connectivity index is 2.05. The Kier molecular flexibility index (Phi) is 4.90. The van der Waals surface area contributed by atoms with Crippen molar-refractivity contribution >= 4 is 5.91 Å². The van der Waals surface area contributed by atoms with E-state index < -0.39 is 11.7 Å². The zero-order valence-electron chi connectivity index (χ0n) is 11.5. The molecule has 5 heteroatoms. The van der Waals surface area contributed by atoms with E-state index in [1.165, 1.54) is 18.2 Å². The van der Waals surface area contributed by atoms with Crippen LogP contribution in [0.4, 0.5) is 4.39 Å². The fraction of sp³-hybridized carbons (Fsp3) is 0.188. The summed E-state index contributed by atoms with van der Waals surface area (Å²) >= 11 is 0. The molecule has 0 saturated carbocycles. The number of nitrogens with two attached hydrogens (primary N) is 2. The number of ether oxygens (including phenoxy) is 1. The van der Waals surface area contributed by atoms with Gasteiger partial charge in [-0.15, -0.1) is 0 Å². The molecular formula is C16H17FN2O2. The Hall–Kier alpha value is -2.40. The summed E-state index contributed by atoms with van der Waals surface area (Å²) < 4.78 is 19.2. The summed E-state index contributed by atoms with van der Waals surface area (Å²) in [7, 11) is 0. The van der Waals surface area contributed by atoms with Crippen LogP contribution in [0.15, 0.2) is 42.5 Å². The Morgan fingerprint density at radius 1 is 1.14 bits per heavy atom. The van der Waals surface area contributed by atoms with Crippen molar-refractivity contribution in [1.82, 2.24) is 0 Å². The molecular weight excluding hydrogens is 271 g/mol. The van der Waals surface area contributed by atoms with Crippen molar-refractivity contribution in [2.75, 3.05) is 6.54 Å². The van der Waals surface area contributed by atoms with E-state index >= 15 is 0 Å². The van der Waals surface area contributed by atoms with Crippen LogP contribution >= 0.6 is 0 Å². The fourth-order valence-corrected chi connectivity index (χ4v) is 1.92. The number of hydrogen-bond donors (Lipinski definition) is 2. The number of halogens is 1. The third-order valence-corrected chi connectivity index (χ3v) is 3.08. The van der Waals surface area contributed by atoms with E-state index in [1.54, 1.807) is 12.1 Å². The summed E-state index contributed by atoms with van der Waals surface area (Å²) in [6.07, 6.45) is 0.801. The van der Waals surface area contributed by atoms with Crippen molar-refractivity contribution < 1.29 is 13.9 Å². The fourth-order valence-electron chi connectivity index (χ4n) is 1.92. The molecule has 110 valence electrons. The second-order valence-electron chi connectivity index (χ2n) is 4.64. The van der Waals surface area contributed by atoms with Crippen molar-refractivity contribution in [2.45, 2.75) is 13.0 Å². The van der Waals surface area contributed by atoms with E-state index in [0.29, 0.717) is 12.3 Å². The smallest absolute Gasteiger partial charge is 0.248 e. The number of carbonyl (C=O) groups is 1. The highest BCUT2D eigenvalue weighted by Crippen LogP contribution is 2.17. The van der Waals surface area contributed by atoms with Crippen molar-refractivity contribution in [2.24, 2.45) is 11.5 Å². The van der Waals surface area contributed by atoms with E-state index in [0.717, 1.165) is 12.0 Å². The molecule has 0 fully saturated rings. The van der Waals surface area contributed by atoms with E-state index in [9.17, 15) is 9.18 Å². The molecule has 4 nitrogen and oxygen atoms in total. The van der Waals surface area contributed by atoms with Crippen LogP contribution in [-0.4, -0.2) is 12.5 Å². The molecule has 0 aliphatic heterocycles. The van der Waals surface area contributed by atoms with Gasteiger partial charge in [0.15, 0.2) is 0 Å². The first-order chi connectivity index (χ1) is 10.1. The van der Waals surface area contributed by atoms with Gasteiger partial charge in [-0.2, -0.15) is 0 Å². The third kappa shape index (κ3) is 4.03. The van der Waals surface area contributed by atoms with Gasteiger partial charge in [0.2, 0.25) is 5.91 Å². The van der Waals surface area contributed by atoms with Crippen LogP contribution in [0.5, 0.6) is 5.75 Å². The first-order valence-corrected chi connectivity index (χ1v) is 6.60. The Morgan fingerprint density at radius 2 is 1.86 bits per heavy atom. The minimum Gasteiger partial charge on any atom is -0.489 e. The van der Waals surface area contributed by atoms with Crippen LogP contribution in [0.2, 0.25) is 0 Å². The lowest BCUT2D eigenvalue weighted by Gasteiger charge is -2.09. The first kappa shape index (κ1) is 15.0. The molecule has 4 N–H and O–H groups in total. The summed E-state index contributed by atoms with van der Waals surface area (Å²) in [5.41, 5.74) is 12.3. The highest BCUT2D eigenvalue weighted by atomic mass is 19.1. The first-order valence-electron chi connectivity index (χ1n) is 6.60. The molecule has 0 aromatic heterocycles. The highest BCUT2D eigenvalue weighted by Gasteiger charge is 2.08. The highest BCUT2D eigenvalue weighted by molar-refractivity contribution is 5.92. The molecule has 2 rings (SSSR count). The second-order valence-corrected chi connectivity index (χ2v) is 4.64. The molecule has 0 atom stereocenters. The number of carbonyl (C=O) groups excluding carboxylic acids is 1. The number of amides is 1. The van der Waals surface area contributed by atoms with Gasteiger partial charge in [-0.1, -0.05) is 12.1 Å². The van der Waals surface area contributed by atoms with Crippen LogP contribution < -0.4 is 16.2 Å². The summed E-state index contributed by atoms with van der Waals surface area (Å²) in [5.74, 6) is -0.401. The standard InChI is InChI=1S/C16H17FN2O2/c17-15-6-3-12(16(19)20)9-13(15)10-21-14-4-1-11(2-5-14)7-8-18/h1-6,9H,7-8,10,18H2,(H2,19,20). The van der Waals surface area contributed by atoms with Crippen LogP contribution in [0.3, 0.4) is 0 Å². The number of rotatable bonds is 6. The van der Waals surface area contributed by atoms with Crippen molar-refractivity contribution in [3.8, 4) is 5.75 Å². The molecule has 21 heavy (non-hydrogen) atoms. The maximum absolute atomic E-state index is 13.7. The van der Waals surface area contributed by atoms with Gasteiger partial charge < -0.3 is 16.2 Å². The van der Waals surface area contributed by atoms with E-state index in [2.05, 4.69) is 0 Å². The quantitative estimate of drug-likeness (QED) is 0.853. The molecule has 0 aliphatic rings. The van der Waals surface area contributed by atoms with E-state index in [-0.39, 0.29) is 17.7 Å². The summed E-state index contributed by atoms with van der Waals surface area (Å²) in [5, 5.41) is 0. The second kappa shape index (κ2) is 6.85. The Bertz CT molecular complexity index is 627. The largest absolute Gasteiger partial charge is 0.489 e. The zero-order valence-corrected chi connectivity index (χ0v) is 11.5. The molecule has 0 saturated heterocycles. The number of benzene rings is 2. The van der Waals surface area contributed by atoms with Gasteiger partial charge in [-0.05, 0) is 48.9 Å². The van der Waals surface area contributed by atoms with Crippen molar-refractivity contribution in [1.29, 1.82) is 0 Å². The van der Waals surface area contributed by atoms with Gasteiger partial charge in [0.1, 0.15) is 18.2 Å². The van der Waals surface area contributed by atoms with Crippen molar-refractivity contribution in [3.05, 3.63) is 65.0 Å². The van der Waals surface area contributed by atoms with Crippen molar-refractivity contribution in [3.63, 3.8) is 0 Å². The SMILES string of the molecule is NCCc1ccc(OCc2cc(C(N)=O)ccc2F)cc1. The minimum absolute atomic E-state index is 0.0309. The lowest BCUT2D eigenvalue weighted by atomic mass is 10.1. The Morgan fingerprint density at radius 3 is 2.48 bits per heavy atom. The van der Waals surface area contributed by atoms with Gasteiger partial charge in [-0.25, -0.2) is 4.39 Å². The van der Waals surface area contributed by atoms with Crippen LogP contribution in [0.25, 0.3) is 0 Å². The van der Waals surface area contributed by atoms with Gasteiger partial charge in [-0.3, -0.25) is 4.79 Å². The van der Waals surface area contributed by atoms with Crippen LogP contribution in [0.1, 0.15) is 21.5 Å². The molecule has 1 amide bonds. The van der Waals surface area contributed by atoms with Crippen LogP contribution in [-0.2, 0) is 13.0 Å². The molecule has 0 aliphatic carbocycles. The molecule has 0 radical (unpaired) electrons. The molecule has 0 spiro atoms. The molecule has 0 bridgehead atoms. The van der Waals surface area contributed by atoms with Crippen LogP contribution in [0, 0.1) is 5.82 Å². The van der Waals surface area contributed by atoms with E-state index in [1.807, 2.05) is 12.1 Å². The molecule has 0 heterocycles. The lowest BCUT2D eigenvalue weighted by molar-refractivity contribution is 0.1000. The van der Waals surface area contributed by atoms with Gasteiger partial charge in [0.05, 0.1) is 0 Å². The average Bonchev–Trinajstić information content (AvgIpc) is 2.48. The molecule has 2 aromatic rings. The van der Waals surface area contributed by atoms with Gasteiger partial charge in [0, 0.05) is 11.1 Å². The van der Waals surface area contributed by atoms with Gasteiger partial charge in [0.25, 0.3) is 0 Å². The summed E-state index contributed by atoms with van der Waals surface area (Å²) in [6, 6.07) is 11.4. The minimum atomic E-state index is -0.595. The topological polar surface area (TPSA) is 78.3 Å². The monoisotopic (exact) mass is 288 g/mol. The van der Waals surface area contributed by atoms with E-state index in [4.69, 9.17) is 16.2 Å². The predicted octanol–water partition coefficient (Wildman–Crippen LogP) is 2.00. The lowest BCUT2D eigenvalue weighted by Crippen LogP contribution is -2.12. The average molecular weight is 288 g/mol. The summed E-state index contributed by atoms with van der Waals surface area (Å²) in [6.45, 7) is 0.620. The zero-order chi connectivity index (χ0) is 15.2. The maximum atomic E-state index is 13.7. The molecule has 0 unspecified atom stereocenters. The predicted molar refractivity (Wildman–Crippen MR) is 78.5 cm³/mol. The summed E-state index contributed by atoms with van der Waals surface area (Å²) in [4.78, 5) is 11.1. The maximum Gasteiger partial charge on any atom is 0.248 e.